The molecular formula is H2AlMgO14P3S. The topological polar surface area (TPSA) is 260 Å². The van der Waals surface area contributed by atoms with Crippen molar-refractivity contribution in [2.45, 2.75) is 0 Å². The Morgan fingerprint density at radius 1 is 0.800 bits per heavy atom. The first kappa shape index (κ1) is 29.6. The van der Waals surface area contributed by atoms with Gasteiger partial charge in [0.15, 0.2) is 0 Å². The molecule has 0 atom stereocenters. The van der Waals surface area contributed by atoms with E-state index in [1.807, 2.05) is 0 Å². The molecule has 0 saturated carbocycles. The van der Waals surface area contributed by atoms with Crippen LogP contribution in [0.1, 0.15) is 0 Å². The van der Waals surface area contributed by atoms with Crippen molar-refractivity contribution in [3.05, 3.63) is 0 Å². The van der Waals surface area contributed by atoms with E-state index in [0.29, 0.717) is 0 Å². The molecule has 2 N–H and O–H groups in total. The van der Waals surface area contributed by atoms with Crippen LogP contribution in [-0.2, 0) is 32.7 Å². The van der Waals surface area contributed by atoms with E-state index in [2.05, 4.69) is 8.62 Å². The van der Waals surface area contributed by atoms with Gasteiger partial charge in [-0.05, 0) is 0 Å². The maximum Gasteiger partial charge on any atom is 3.00 e. The van der Waals surface area contributed by atoms with Crippen molar-refractivity contribution >= 4 is 74.3 Å². The maximum atomic E-state index is 10.1. The predicted octanol–water partition coefficient (Wildman–Crippen LogP) is -5.27. The average molecular weight is 402 g/mol. The Kier molecular flexibility index (Phi) is 15.3. The van der Waals surface area contributed by atoms with Crippen molar-refractivity contribution in [3.63, 3.8) is 0 Å². The third-order valence-electron chi connectivity index (χ3n) is 0.400. The number of phosphoric acid groups is 3. The van der Waals surface area contributed by atoms with E-state index in [1.54, 1.807) is 0 Å². The van der Waals surface area contributed by atoms with Crippen LogP contribution in [0.4, 0.5) is 0 Å². The second kappa shape index (κ2) is 10.4. The Morgan fingerprint density at radius 3 is 1.05 bits per heavy atom. The molecule has 0 aliphatic rings. The molecule has 0 amide bonds. The van der Waals surface area contributed by atoms with Gasteiger partial charge in [-0.1, -0.05) is 0 Å². The first-order valence-corrected chi connectivity index (χ1v) is 8.67. The Labute approximate surface area is 138 Å². The molecule has 112 valence electrons. The summed E-state index contributed by atoms with van der Waals surface area (Å²) in [7, 11) is -22.6. The van der Waals surface area contributed by atoms with Gasteiger partial charge in [0.1, 0.15) is 0 Å². The van der Waals surface area contributed by atoms with E-state index in [0.717, 1.165) is 0 Å². The van der Waals surface area contributed by atoms with E-state index in [1.165, 1.54) is 0 Å². The van der Waals surface area contributed by atoms with Crippen LogP contribution in [0.15, 0.2) is 0 Å². The summed E-state index contributed by atoms with van der Waals surface area (Å²) < 4.78 is 66.3. The monoisotopic (exact) mass is 402 g/mol. The van der Waals surface area contributed by atoms with Gasteiger partial charge in [-0.15, -0.1) is 0 Å². The van der Waals surface area contributed by atoms with Gasteiger partial charge in [0, 0.05) is 0 Å². The summed E-state index contributed by atoms with van der Waals surface area (Å²) in [6, 6.07) is 0. The molecule has 0 aromatic rings. The molecule has 0 aromatic carbocycles. The fraction of sp³-hybridized carbons (Fsp3) is 0. The van der Waals surface area contributed by atoms with Gasteiger partial charge in [-0.25, -0.2) is 0 Å². The minimum Gasteiger partial charge on any atom is -0.790 e. The zero-order valence-corrected chi connectivity index (χ0v) is 14.9. The smallest absolute Gasteiger partial charge is 0.790 e. The summed E-state index contributed by atoms with van der Waals surface area (Å²) in [6.07, 6.45) is 0. The number of hydrogen-bond donors (Lipinski definition) is 2. The van der Waals surface area contributed by atoms with Crippen LogP contribution < -0.4 is 24.5 Å². The molecule has 0 radical (unpaired) electrons. The molecule has 14 nitrogen and oxygen atoms in total. The molecule has 0 aromatic heterocycles. The average Bonchev–Trinajstić information content (AvgIpc) is 1.64. The van der Waals surface area contributed by atoms with Crippen LogP contribution in [0.2, 0.25) is 0 Å². The molecule has 0 fully saturated rings. The zero-order valence-electron chi connectivity index (χ0n) is 8.83. The number of hydrogen-bond acceptors (Lipinski definition) is 12. The standard InChI is InChI=1S/Al.Mg.H5O10P3.H2O4S/c;;1-11(2,3)9-13(7,8)10-12(4,5)6;1-5(2,3)4/h;;(H,7,8)(H2,1,2,3)(H2,4,5,6);(H2,1,2,3,4)/q+3;+2;;/p-5. The van der Waals surface area contributed by atoms with Gasteiger partial charge < -0.3 is 33.6 Å². The second-order valence-electron chi connectivity index (χ2n) is 1.95. The molecule has 0 rings (SSSR count). The van der Waals surface area contributed by atoms with Gasteiger partial charge >= 0.3 is 50.8 Å². The number of rotatable bonds is 4. The molecule has 0 aliphatic heterocycles. The Hall–Kier alpha value is 1.58. The molecule has 20 heavy (non-hydrogen) atoms. The third kappa shape index (κ3) is 36.7. The molecule has 20 heteroatoms. The molecule has 0 aliphatic carbocycles. The van der Waals surface area contributed by atoms with Crippen LogP contribution in [0.3, 0.4) is 0 Å². The Morgan fingerprint density at radius 2 is 0.950 bits per heavy atom. The molecule has 0 saturated heterocycles. The Bertz CT molecular complexity index is 459. The SMILES string of the molecule is O=P([O-])([O-])OP(=O)([O-])OP(=O)([O-])[O-].O=S(=O)(O)O.[Al+3].[Mg+2]. The quantitative estimate of drug-likeness (QED) is 0.253. The van der Waals surface area contributed by atoms with Crippen LogP contribution >= 0.6 is 23.5 Å². The van der Waals surface area contributed by atoms with Crippen LogP contribution in [0.5, 0.6) is 0 Å². The maximum absolute atomic E-state index is 10.1. The van der Waals surface area contributed by atoms with Crippen molar-refractivity contribution in [3.8, 4) is 0 Å². The van der Waals surface area contributed by atoms with Crippen LogP contribution in [0, 0.1) is 0 Å². The first-order chi connectivity index (χ1) is 7.41. The van der Waals surface area contributed by atoms with Gasteiger partial charge in [0.25, 0.3) is 7.82 Å². The minimum absolute atomic E-state index is 0. The predicted molar refractivity (Wildman–Crippen MR) is 50.7 cm³/mol. The molecule has 0 unspecified atom stereocenters. The summed E-state index contributed by atoms with van der Waals surface area (Å²) >= 11 is 0. The molecule has 0 bridgehead atoms. The largest absolute Gasteiger partial charge is 3.00 e. The summed E-state index contributed by atoms with van der Waals surface area (Å²) in [5, 5.41) is 0. The molecule has 0 spiro atoms. The summed E-state index contributed by atoms with van der Waals surface area (Å²) in [5.41, 5.74) is 0. The van der Waals surface area contributed by atoms with Gasteiger partial charge in [-0.2, -0.15) is 8.42 Å². The van der Waals surface area contributed by atoms with E-state index in [4.69, 9.17) is 17.5 Å². The van der Waals surface area contributed by atoms with Gasteiger partial charge in [-0.3, -0.25) is 22.3 Å². The van der Waals surface area contributed by atoms with Crippen molar-refractivity contribution < 1.29 is 64.3 Å². The first-order valence-electron chi connectivity index (χ1n) is 2.89. The van der Waals surface area contributed by atoms with E-state index < -0.39 is 33.9 Å². The van der Waals surface area contributed by atoms with Crippen LogP contribution in [-0.4, -0.2) is 57.9 Å². The van der Waals surface area contributed by atoms with E-state index in [-0.39, 0.29) is 40.4 Å². The minimum atomic E-state index is -5.97. The summed E-state index contributed by atoms with van der Waals surface area (Å²) in [6.45, 7) is 0. The van der Waals surface area contributed by atoms with Crippen molar-refractivity contribution in [1.29, 1.82) is 0 Å². The summed E-state index contributed by atoms with van der Waals surface area (Å²) in [5.74, 6) is 0. The Balaban J connectivity index is -0.000000158. The fourth-order valence-electron chi connectivity index (χ4n) is 0.260. The zero-order chi connectivity index (χ0) is 15.4. The van der Waals surface area contributed by atoms with Crippen LogP contribution in [0.25, 0.3) is 0 Å². The van der Waals surface area contributed by atoms with Crippen molar-refractivity contribution in [2.75, 3.05) is 0 Å². The molecule has 0 heterocycles. The van der Waals surface area contributed by atoms with E-state index >= 15 is 0 Å². The van der Waals surface area contributed by atoms with Gasteiger partial charge in [0.2, 0.25) is 0 Å². The van der Waals surface area contributed by atoms with Gasteiger partial charge in [0.05, 0.1) is 15.6 Å². The third-order valence-corrected chi connectivity index (χ3v) is 3.60. The fourth-order valence-corrected chi connectivity index (χ4v) is 2.61. The van der Waals surface area contributed by atoms with E-state index in [9.17, 15) is 38.2 Å². The molecular weight excluding hydrogens is 400 g/mol. The second-order valence-corrected chi connectivity index (χ2v) is 6.84. The van der Waals surface area contributed by atoms with Crippen molar-refractivity contribution in [2.24, 2.45) is 0 Å². The summed E-state index contributed by atoms with van der Waals surface area (Å²) in [4.78, 5) is 48.6. The normalized spacial score (nSPS) is 12.3. The van der Waals surface area contributed by atoms with Crippen molar-refractivity contribution in [1.82, 2.24) is 0 Å².